The average Bonchev–Trinajstić information content (AvgIpc) is 3.85. The lowest BCUT2D eigenvalue weighted by atomic mass is 9.96. The summed E-state index contributed by atoms with van der Waals surface area (Å²) in [5.41, 5.74) is 17.4. The van der Waals surface area contributed by atoms with Crippen molar-refractivity contribution in [3.05, 3.63) is 29.8 Å². The molecule has 23 nitrogen and oxygen atoms in total. The van der Waals surface area contributed by atoms with Crippen LogP contribution >= 0.6 is 0 Å². The van der Waals surface area contributed by atoms with Gasteiger partial charge in [-0.1, -0.05) is 12.1 Å². The fraction of sp³-hybridized carbons (Fsp3) is 0.667. The number of aliphatic hydroxyl groups is 6. The zero-order chi connectivity index (χ0) is 43.7. The van der Waals surface area contributed by atoms with Crippen molar-refractivity contribution >= 4 is 35.4 Å². The predicted octanol–water partition coefficient (Wildman–Crippen LogP) is -7.63. The second kappa shape index (κ2) is 21.1. The topological polar surface area (TPSA) is 389 Å². The van der Waals surface area contributed by atoms with Gasteiger partial charge >= 0.3 is 0 Å². The molecule has 0 bridgehead atoms. The number of hydrogen-bond acceptors (Lipinski definition) is 17. The van der Waals surface area contributed by atoms with Crippen molar-refractivity contribution in [2.45, 2.75) is 118 Å². The number of rotatable bonds is 10. The van der Waals surface area contributed by atoms with Crippen LogP contribution in [0.5, 0.6) is 5.75 Å². The monoisotopic (exact) mass is 838 g/mol. The smallest absolute Gasteiger partial charge is 0.248 e. The molecule has 3 aliphatic rings. The highest BCUT2D eigenvalue weighted by atomic mass is 16.3. The number of nitrogens with zero attached hydrogens (tertiary/aromatic N) is 2. The van der Waals surface area contributed by atoms with Gasteiger partial charge in [-0.2, -0.15) is 0 Å². The normalized spacial score (nSPS) is 31.5. The summed E-state index contributed by atoms with van der Waals surface area (Å²) in [6.07, 6.45) is -12.5. The third kappa shape index (κ3) is 11.4. The number of fused-ring (bicyclic) bond motifs is 2. The van der Waals surface area contributed by atoms with Gasteiger partial charge in [0.25, 0.3) is 0 Å². The number of aromatic hydroxyl groups is 1. The van der Waals surface area contributed by atoms with E-state index in [9.17, 15) is 64.5 Å². The average molecular weight is 839 g/mol. The van der Waals surface area contributed by atoms with Gasteiger partial charge in [0, 0.05) is 32.6 Å². The SMILES string of the molecule is CC(O)[C@@H]1NC(=O)[C@@H](N)CC(O)C(NCCN)NC(=O)[C@@H]2[C@@H](O)CCN2C(=O)[C@H](C(O)CCN)NC(=O)[C@H]([C@H](O)C(O)c2ccc(O)cc2)NC(=O)[C@@H]2CCCN2C1=O. The molecule has 3 aliphatic heterocycles. The number of hydrogen-bond donors (Lipinski definition) is 15. The first-order valence-corrected chi connectivity index (χ1v) is 19.5. The van der Waals surface area contributed by atoms with Crippen molar-refractivity contribution in [1.82, 2.24) is 36.4 Å². The minimum atomic E-state index is -2.18. The molecule has 6 amide bonds. The fourth-order valence-corrected chi connectivity index (χ4v) is 7.42. The minimum absolute atomic E-state index is 0.00817. The molecule has 0 radical (unpaired) electrons. The van der Waals surface area contributed by atoms with E-state index in [0.717, 1.165) is 9.80 Å². The Bertz CT molecular complexity index is 1640. The second-order valence-corrected chi connectivity index (χ2v) is 15.0. The number of phenolic OH excluding ortho intramolecular Hbond substituents is 1. The molecule has 13 atom stereocenters. The maximum atomic E-state index is 14.3. The van der Waals surface area contributed by atoms with Gasteiger partial charge in [-0.05, 0) is 56.8 Å². The van der Waals surface area contributed by atoms with E-state index >= 15 is 0 Å². The quantitative estimate of drug-likeness (QED) is 0.104. The highest BCUT2D eigenvalue weighted by Crippen LogP contribution is 2.25. The molecular weight excluding hydrogens is 780 g/mol. The Balaban J connectivity index is 1.82. The van der Waals surface area contributed by atoms with Gasteiger partial charge in [-0.15, -0.1) is 0 Å². The molecule has 59 heavy (non-hydrogen) atoms. The summed E-state index contributed by atoms with van der Waals surface area (Å²) >= 11 is 0. The van der Waals surface area contributed by atoms with E-state index in [-0.39, 0.29) is 69.7 Å². The summed E-state index contributed by atoms with van der Waals surface area (Å²) in [7, 11) is 0. The predicted molar refractivity (Wildman–Crippen MR) is 205 cm³/mol. The van der Waals surface area contributed by atoms with Gasteiger partial charge in [0.05, 0.1) is 30.5 Å². The zero-order valence-corrected chi connectivity index (χ0v) is 32.6. The summed E-state index contributed by atoms with van der Waals surface area (Å²) in [5.74, 6) is -6.51. The summed E-state index contributed by atoms with van der Waals surface area (Å²) in [6, 6.07) is -5.37. The van der Waals surface area contributed by atoms with Crippen LogP contribution in [-0.4, -0.2) is 187 Å². The van der Waals surface area contributed by atoms with E-state index in [1.54, 1.807) is 0 Å². The Kier molecular flexibility index (Phi) is 16.9. The minimum Gasteiger partial charge on any atom is -0.508 e. The summed E-state index contributed by atoms with van der Waals surface area (Å²) in [5, 5.41) is 88.8. The number of nitrogens with one attached hydrogen (secondary N) is 5. The largest absolute Gasteiger partial charge is 0.508 e. The van der Waals surface area contributed by atoms with Crippen molar-refractivity contribution in [2.75, 3.05) is 32.7 Å². The Morgan fingerprint density at radius 1 is 0.763 bits per heavy atom. The van der Waals surface area contributed by atoms with Gasteiger partial charge in [-0.25, -0.2) is 0 Å². The number of aliphatic hydroxyl groups excluding tert-OH is 6. The van der Waals surface area contributed by atoms with Crippen LogP contribution in [0, 0.1) is 0 Å². The molecule has 330 valence electrons. The number of amides is 6. The summed E-state index contributed by atoms with van der Waals surface area (Å²) < 4.78 is 0. The number of phenols is 1. The first-order valence-electron chi connectivity index (χ1n) is 19.5. The standard InChI is InChI=1S/C36H58N10O13/c1-16(47)24-35(58)45-13-2-3-20(45)32(55)43-26(29(53)28(52)17-4-6-18(48)7-5-17)33(56)42-25(21(49)8-10-37)36(59)46-14-9-22(50)27(46)34(57)44-30(40-12-11-38)23(51)15-19(39)31(54)41-24/h4-7,16,19-30,40,47-53H,2-3,8-15,37-39H2,1H3,(H,41,54)(H,42,56)(H,43,55)(H,44,57)/t16?,19-,20-,21?,22-,23?,24-,25-,26-,27-,28?,29-,30?/m0/s1. The van der Waals surface area contributed by atoms with Crippen LogP contribution in [-0.2, 0) is 28.8 Å². The molecule has 1 aromatic rings. The highest BCUT2D eigenvalue weighted by molar-refractivity contribution is 5.97. The van der Waals surface area contributed by atoms with Crippen LogP contribution < -0.4 is 43.8 Å². The second-order valence-electron chi connectivity index (χ2n) is 15.0. The van der Waals surface area contributed by atoms with Crippen molar-refractivity contribution in [2.24, 2.45) is 17.2 Å². The van der Waals surface area contributed by atoms with E-state index in [4.69, 9.17) is 17.2 Å². The maximum absolute atomic E-state index is 14.3. The van der Waals surface area contributed by atoms with Gasteiger partial charge in [0.2, 0.25) is 35.4 Å². The summed E-state index contributed by atoms with van der Waals surface area (Å²) in [6.45, 7) is 0.756. The van der Waals surface area contributed by atoms with Crippen molar-refractivity contribution in [3.63, 3.8) is 0 Å². The molecule has 0 saturated carbocycles. The number of nitrogens with two attached hydrogens (primary N) is 3. The van der Waals surface area contributed by atoms with Gasteiger partial charge in [0.1, 0.15) is 54.3 Å². The van der Waals surface area contributed by atoms with Crippen LogP contribution in [0.15, 0.2) is 24.3 Å². The van der Waals surface area contributed by atoms with E-state index in [2.05, 4.69) is 26.6 Å². The van der Waals surface area contributed by atoms with Gasteiger partial charge in [-0.3, -0.25) is 34.1 Å². The van der Waals surface area contributed by atoms with Crippen molar-refractivity contribution in [1.29, 1.82) is 0 Å². The molecule has 3 heterocycles. The molecule has 1 aromatic carbocycles. The molecule has 0 spiro atoms. The number of benzene rings is 1. The third-order valence-corrected chi connectivity index (χ3v) is 10.7. The lowest BCUT2D eigenvalue weighted by Crippen LogP contribution is -2.65. The highest BCUT2D eigenvalue weighted by Gasteiger charge is 2.48. The first kappa shape index (κ1) is 47.1. The Morgan fingerprint density at radius 3 is 2.02 bits per heavy atom. The van der Waals surface area contributed by atoms with Crippen molar-refractivity contribution in [3.8, 4) is 5.75 Å². The molecule has 3 fully saturated rings. The van der Waals surface area contributed by atoms with Crippen LogP contribution in [0.3, 0.4) is 0 Å². The van der Waals surface area contributed by atoms with Crippen molar-refractivity contribution < 1.29 is 64.5 Å². The van der Waals surface area contributed by atoms with Crippen LogP contribution in [0.2, 0.25) is 0 Å². The molecule has 5 unspecified atom stereocenters. The van der Waals surface area contributed by atoms with Gasteiger partial charge < -0.3 is 84.0 Å². The number of carbonyl (C=O) groups is 6. The first-order chi connectivity index (χ1) is 27.9. The molecule has 18 N–H and O–H groups in total. The van der Waals surface area contributed by atoms with Crippen LogP contribution in [0.1, 0.15) is 50.7 Å². The third-order valence-electron chi connectivity index (χ3n) is 10.7. The summed E-state index contributed by atoms with van der Waals surface area (Å²) in [4.78, 5) is 85.6. The van der Waals surface area contributed by atoms with E-state index in [0.29, 0.717) is 0 Å². The molecule has 4 rings (SSSR count). The van der Waals surface area contributed by atoms with Gasteiger partial charge in [0.15, 0.2) is 0 Å². The Hall–Kier alpha value is -4.56. The fourth-order valence-electron chi connectivity index (χ4n) is 7.42. The molecule has 0 aliphatic carbocycles. The maximum Gasteiger partial charge on any atom is 0.248 e. The van der Waals surface area contributed by atoms with Crippen LogP contribution in [0.4, 0.5) is 0 Å². The number of carbonyl (C=O) groups excluding carboxylic acids is 6. The lowest BCUT2D eigenvalue weighted by molar-refractivity contribution is -0.148. The Morgan fingerprint density at radius 2 is 1.39 bits per heavy atom. The molecule has 0 aromatic heterocycles. The zero-order valence-electron chi connectivity index (χ0n) is 32.6. The van der Waals surface area contributed by atoms with Crippen LogP contribution in [0.25, 0.3) is 0 Å². The van der Waals surface area contributed by atoms with E-state index in [1.807, 2.05) is 0 Å². The van der Waals surface area contributed by atoms with E-state index in [1.165, 1.54) is 31.2 Å². The molecule has 3 saturated heterocycles. The lowest BCUT2D eigenvalue weighted by Gasteiger charge is -2.35. The Labute approximate surface area is 339 Å². The molecular formula is C36H58N10O13. The van der Waals surface area contributed by atoms with E-state index < -0.39 is 121 Å². The molecule has 23 heteroatoms.